The van der Waals surface area contributed by atoms with Crippen LogP contribution in [0.5, 0.6) is 0 Å². The highest BCUT2D eigenvalue weighted by Gasteiger charge is 2.55. The lowest BCUT2D eigenvalue weighted by molar-refractivity contribution is 0.0394. The number of piperidine rings is 1. The number of aryl methyl sites for hydroxylation is 1. The molecule has 0 unspecified atom stereocenters. The first-order valence-corrected chi connectivity index (χ1v) is 14.8. The van der Waals surface area contributed by atoms with Crippen LogP contribution in [0.2, 0.25) is 0 Å². The molecule has 1 aliphatic heterocycles. The highest BCUT2D eigenvalue weighted by atomic mass is 32.2. The Morgan fingerprint density at radius 2 is 2.03 bits per heavy atom. The fraction of sp³-hybridized carbons (Fsp3) is 0.400. The molecule has 4 aromatic rings. The number of hydrogen-bond donors (Lipinski definition) is 0. The summed E-state index contributed by atoms with van der Waals surface area (Å²) in [5.41, 5.74) is 3.54. The van der Waals surface area contributed by atoms with Crippen LogP contribution < -0.4 is 0 Å². The predicted molar refractivity (Wildman–Crippen MR) is 137 cm³/mol. The zero-order chi connectivity index (χ0) is 26.5. The molecule has 1 fully saturated rings. The van der Waals surface area contributed by atoms with Crippen LogP contribution in [-0.4, -0.2) is 61.4 Å². The minimum Gasteiger partial charge on any atom is -0.292 e. The van der Waals surface area contributed by atoms with Gasteiger partial charge in [0.1, 0.15) is 11.5 Å². The minimum absolute atomic E-state index is 0.0260. The van der Waals surface area contributed by atoms with Crippen LogP contribution >= 0.6 is 11.3 Å². The van der Waals surface area contributed by atoms with Crippen molar-refractivity contribution in [3.63, 3.8) is 0 Å². The number of carbonyl (C=O) groups excluding carboxylic acids is 1. The van der Waals surface area contributed by atoms with E-state index in [4.69, 9.17) is 0 Å². The van der Waals surface area contributed by atoms with Gasteiger partial charge in [0, 0.05) is 24.2 Å². The van der Waals surface area contributed by atoms with E-state index in [1.54, 1.807) is 33.9 Å². The fourth-order valence-corrected chi connectivity index (χ4v) is 7.63. The second kappa shape index (κ2) is 9.47. The number of benzene rings is 1. The van der Waals surface area contributed by atoms with Gasteiger partial charge in [0.15, 0.2) is 5.78 Å². The topological polar surface area (TPSA) is 116 Å². The molecule has 0 spiro atoms. The van der Waals surface area contributed by atoms with Crippen LogP contribution in [0.3, 0.4) is 0 Å². The molecule has 2 aliphatic rings. The molecule has 0 amide bonds. The van der Waals surface area contributed by atoms with E-state index >= 15 is 0 Å². The lowest BCUT2D eigenvalue weighted by atomic mass is 9.60. The average Bonchev–Trinajstić information content (AvgIpc) is 3.69. The Labute approximate surface area is 223 Å². The highest BCUT2D eigenvalue weighted by Crippen LogP contribution is 2.48. The van der Waals surface area contributed by atoms with Crippen LogP contribution in [0.25, 0.3) is 5.69 Å². The van der Waals surface area contributed by atoms with Crippen molar-refractivity contribution >= 4 is 27.1 Å². The number of sulfonamides is 1. The summed E-state index contributed by atoms with van der Waals surface area (Å²) in [6, 6.07) is 6.13. The van der Waals surface area contributed by atoms with Crippen LogP contribution in [0.4, 0.5) is 4.39 Å². The Balaban J connectivity index is 1.39. The summed E-state index contributed by atoms with van der Waals surface area (Å²) in [5.74, 6) is -0.605. The Kier molecular flexibility index (Phi) is 6.23. The van der Waals surface area contributed by atoms with E-state index in [0.29, 0.717) is 31.5 Å². The largest absolute Gasteiger partial charge is 0.292 e. The summed E-state index contributed by atoms with van der Waals surface area (Å²) < 4.78 is 44.0. The molecule has 10 nitrogen and oxygen atoms in total. The van der Waals surface area contributed by atoms with Crippen LogP contribution in [-0.2, 0) is 29.4 Å². The van der Waals surface area contributed by atoms with Crippen molar-refractivity contribution in [2.45, 2.75) is 44.2 Å². The van der Waals surface area contributed by atoms with E-state index in [1.165, 1.54) is 38.8 Å². The van der Waals surface area contributed by atoms with Gasteiger partial charge in [-0.1, -0.05) is 6.92 Å². The molecule has 13 heteroatoms. The number of rotatable bonds is 7. The molecule has 0 N–H and O–H groups in total. The molecule has 0 saturated carbocycles. The lowest BCUT2D eigenvalue weighted by Gasteiger charge is -2.48. The van der Waals surface area contributed by atoms with Gasteiger partial charge in [-0.05, 0) is 61.4 Å². The smallest absolute Gasteiger partial charge is 0.264 e. The summed E-state index contributed by atoms with van der Waals surface area (Å²) >= 11 is 1.33. The molecule has 0 radical (unpaired) electrons. The molecule has 1 aromatic carbocycles. The van der Waals surface area contributed by atoms with E-state index in [0.717, 1.165) is 23.4 Å². The van der Waals surface area contributed by atoms with Crippen LogP contribution in [0.15, 0.2) is 52.6 Å². The van der Waals surface area contributed by atoms with Crippen molar-refractivity contribution in [3.8, 4) is 5.69 Å². The van der Waals surface area contributed by atoms with Crippen molar-refractivity contribution in [3.05, 3.63) is 70.3 Å². The molecule has 38 heavy (non-hydrogen) atoms. The van der Waals surface area contributed by atoms with Gasteiger partial charge in [0.25, 0.3) is 10.0 Å². The zero-order valence-corrected chi connectivity index (χ0v) is 22.3. The first-order chi connectivity index (χ1) is 18.3. The number of thiazole rings is 1. The Morgan fingerprint density at radius 3 is 2.76 bits per heavy atom. The summed E-state index contributed by atoms with van der Waals surface area (Å²) in [6.45, 7) is 2.77. The van der Waals surface area contributed by atoms with Gasteiger partial charge in [-0.15, -0.1) is 16.4 Å². The molecule has 0 bridgehead atoms. The number of fused-ring (bicyclic) bond motifs is 2. The molecule has 6 rings (SSSR count). The van der Waals surface area contributed by atoms with Crippen molar-refractivity contribution in [1.29, 1.82) is 0 Å². The SMILES string of the molecule is CCCn1ncc(S(=O)(=O)N2CC[C@H]3Cc4c(cnn4-c4ccc(F)cc4)C[C@]3(C(=O)c3cscn3)C2)n1. The number of ketones is 1. The third-order valence-electron chi connectivity index (χ3n) is 7.60. The van der Waals surface area contributed by atoms with E-state index in [1.807, 2.05) is 6.92 Å². The van der Waals surface area contributed by atoms with E-state index in [9.17, 15) is 17.6 Å². The lowest BCUT2D eigenvalue weighted by Crippen LogP contribution is -2.57. The molecular weight excluding hydrogens is 529 g/mol. The molecule has 4 heterocycles. The van der Waals surface area contributed by atoms with Gasteiger partial charge in [-0.2, -0.15) is 19.3 Å². The van der Waals surface area contributed by atoms with Crippen molar-refractivity contribution < 1.29 is 17.6 Å². The third kappa shape index (κ3) is 4.09. The Bertz CT molecular complexity index is 1580. The molecule has 2 atom stereocenters. The first kappa shape index (κ1) is 25.0. The van der Waals surface area contributed by atoms with Crippen molar-refractivity contribution in [1.82, 2.24) is 34.1 Å². The number of nitrogens with zero attached hydrogens (tertiary/aromatic N) is 7. The number of hydrogen-bond acceptors (Lipinski definition) is 8. The Morgan fingerprint density at radius 1 is 1.21 bits per heavy atom. The normalized spacial score (nSPS) is 21.7. The van der Waals surface area contributed by atoms with Gasteiger partial charge in [-0.25, -0.2) is 22.5 Å². The number of Topliss-reactive ketones (excluding diaryl/α,β-unsaturated/α-hetero) is 1. The second-order valence-electron chi connectivity index (χ2n) is 9.85. The summed E-state index contributed by atoms with van der Waals surface area (Å²) in [7, 11) is -3.96. The highest BCUT2D eigenvalue weighted by molar-refractivity contribution is 7.89. The molecular formula is C25H26FN7O3S2. The number of aromatic nitrogens is 6. The quantitative estimate of drug-likeness (QED) is 0.322. The fourth-order valence-electron chi connectivity index (χ4n) is 5.71. The first-order valence-electron chi connectivity index (χ1n) is 12.5. The summed E-state index contributed by atoms with van der Waals surface area (Å²) in [4.78, 5) is 19.7. The molecule has 198 valence electrons. The predicted octanol–water partition coefficient (Wildman–Crippen LogP) is 3.15. The summed E-state index contributed by atoms with van der Waals surface area (Å²) in [6.07, 6.45) is 5.15. The number of carbonyl (C=O) groups is 1. The van der Waals surface area contributed by atoms with Crippen molar-refractivity contribution in [2.24, 2.45) is 11.3 Å². The molecule has 3 aromatic heterocycles. The zero-order valence-electron chi connectivity index (χ0n) is 20.7. The van der Waals surface area contributed by atoms with E-state index in [2.05, 4.69) is 20.3 Å². The minimum atomic E-state index is -3.96. The monoisotopic (exact) mass is 555 g/mol. The van der Waals surface area contributed by atoms with Crippen LogP contribution in [0, 0.1) is 17.2 Å². The second-order valence-corrected chi connectivity index (χ2v) is 12.5. The van der Waals surface area contributed by atoms with E-state index < -0.39 is 15.4 Å². The maximum Gasteiger partial charge on any atom is 0.264 e. The van der Waals surface area contributed by atoms with Gasteiger partial charge in [0.05, 0.1) is 35.6 Å². The van der Waals surface area contributed by atoms with Gasteiger partial charge < -0.3 is 0 Å². The van der Waals surface area contributed by atoms with Crippen molar-refractivity contribution in [2.75, 3.05) is 13.1 Å². The Hall–Kier alpha value is -3.29. The number of halogens is 1. The van der Waals surface area contributed by atoms with Gasteiger partial charge in [-0.3, -0.25) is 4.79 Å². The van der Waals surface area contributed by atoms with Gasteiger partial charge >= 0.3 is 0 Å². The maximum absolute atomic E-state index is 14.1. The van der Waals surface area contributed by atoms with Gasteiger partial charge in [0.2, 0.25) is 5.03 Å². The van der Waals surface area contributed by atoms with Crippen LogP contribution in [0.1, 0.15) is 41.5 Å². The summed E-state index contributed by atoms with van der Waals surface area (Å²) in [5, 5.41) is 14.5. The third-order valence-corrected chi connectivity index (χ3v) is 9.89. The standard InChI is InChI=1S/C25H26FN7O3S2/c1-2-8-32-28-13-23(30-32)38(35,36)31-9-7-18-10-22-17(12-29-33(22)20-5-3-19(26)4-6-20)11-25(18,15-31)24(34)21-14-37-16-27-21/h3-6,12-14,16,18H,2,7-11,15H2,1H3/t18-,25-/m0/s1. The average molecular weight is 556 g/mol. The molecule has 1 saturated heterocycles. The van der Waals surface area contributed by atoms with E-state index in [-0.39, 0.29) is 35.6 Å². The maximum atomic E-state index is 14.1. The molecule has 1 aliphatic carbocycles.